The molecule has 0 saturated carbocycles. The maximum absolute atomic E-state index is 13.8. The molecule has 1 unspecified atom stereocenters. The number of nitrogens with zero attached hydrogens (tertiary/aromatic N) is 2. The fraction of sp³-hybridized carbons (Fsp3) is 0.321. The number of halogens is 2. The average Bonchev–Trinajstić information content (AvgIpc) is 3.19. The first-order valence-electron chi connectivity index (χ1n) is 12.2. The van der Waals surface area contributed by atoms with Gasteiger partial charge in [0.1, 0.15) is 0 Å². The van der Waals surface area contributed by atoms with Gasteiger partial charge in [-0.25, -0.2) is 9.79 Å². The number of aromatic nitrogens is 1. The van der Waals surface area contributed by atoms with E-state index in [1.54, 1.807) is 57.4 Å². The van der Waals surface area contributed by atoms with Gasteiger partial charge in [0.2, 0.25) is 0 Å². The summed E-state index contributed by atoms with van der Waals surface area (Å²) in [6, 6.07) is 9.72. The van der Waals surface area contributed by atoms with Crippen molar-refractivity contribution in [1.29, 1.82) is 0 Å². The van der Waals surface area contributed by atoms with E-state index >= 15 is 0 Å². The molecule has 0 spiro atoms. The molecule has 0 aliphatic carbocycles. The highest BCUT2D eigenvalue weighted by Gasteiger charge is 2.34. The first-order valence-corrected chi connectivity index (χ1v) is 13.8. The van der Waals surface area contributed by atoms with E-state index in [4.69, 9.17) is 37.4 Å². The summed E-state index contributed by atoms with van der Waals surface area (Å²) >= 11 is 13.6. The van der Waals surface area contributed by atoms with Crippen molar-refractivity contribution in [2.24, 2.45) is 4.99 Å². The fourth-order valence-electron chi connectivity index (χ4n) is 4.17. The van der Waals surface area contributed by atoms with Crippen molar-refractivity contribution in [3.8, 4) is 11.5 Å². The Morgan fingerprint density at radius 2 is 1.95 bits per heavy atom. The highest BCUT2D eigenvalue weighted by atomic mass is 35.5. The molecule has 2 heterocycles. The number of methoxy groups -OCH3 is 1. The number of carbonyl (C=O) groups is 1. The zero-order chi connectivity index (χ0) is 27.4. The van der Waals surface area contributed by atoms with Crippen molar-refractivity contribution in [3.05, 3.63) is 88.5 Å². The lowest BCUT2D eigenvalue weighted by Gasteiger charge is -2.25. The number of rotatable bonds is 9. The molecular formula is C28H28Cl2N2O5S. The van der Waals surface area contributed by atoms with E-state index in [1.807, 2.05) is 6.07 Å². The first-order chi connectivity index (χ1) is 18.3. The predicted octanol–water partition coefficient (Wildman–Crippen LogP) is 5.29. The quantitative estimate of drug-likeness (QED) is 0.256. The van der Waals surface area contributed by atoms with Gasteiger partial charge in [0.05, 0.1) is 42.2 Å². The van der Waals surface area contributed by atoms with Crippen LogP contribution >= 0.6 is 34.5 Å². The Kier molecular flexibility index (Phi) is 8.97. The summed E-state index contributed by atoms with van der Waals surface area (Å²) in [5, 5.41) is 0.922. The van der Waals surface area contributed by atoms with Gasteiger partial charge in [-0.2, -0.15) is 0 Å². The molecule has 1 aromatic heterocycles. The number of thiazole rings is 1. The Bertz CT molecular complexity index is 1570. The van der Waals surface area contributed by atoms with E-state index in [2.05, 4.69) is 11.9 Å². The van der Waals surface area contributed by atoms with Crippen LogP contribution in [0.4, 0.5) is 0 Å². The van der Waals surface area contributed by atoms with Crippen molar-refractivity contribution in [1.82, 2.24) is 4.57 Å². The highest BCUT2D eigenvalue weighted by molar-refractivity contribution is 7.07. The third-order valence-electron chi connectivity index (χ3n) is 6.03. The largest absolute Gasteiger partial charge is 0.493 e. The van der Waals surface area contributed by atoms with Crippen LogP contribution in [0.5, 0.6) is 11.5 Å². The van der Waals surface area contributed by atoms with Crippen LogP contribution in [0.2, 0.25) is 10.0 Å². The zero-order valence-corrected chi connectivity index (χ0v) is 23.9. The maximum atomic E-state index is 13.8. The summed E-state index contributed by atoms with van der Waals surface area (Å²) in [6.07, 6.45) is 3.62. The molecule has 200 valence electrons. The predicted molar refractivity (Wildman–Crippen MR) is 150 cm³/mol. The van der Waals surface area contributed by atoms with Gasteiger partial charge in [0.15, 0.2) is 16.3 Å². The van der Waals surface area contributed by atoms with Gasteiger partial charge in [-0.05, 0) is 61.7 Å². The van der Waals surface area contributed by atoms with E-state index in [0.717, 1.165) is 12.8 Å². The number of carbonyl (C=O) groups excluding carboxylic acids is 1. The molecule has 0 N–H and O–H groups in total. The van der Waals surface area contributed by atoms with E-state index in [1.165, 1.54) is 15.9 Å². The number of ether oxygens (including phenoxy) is 3. The van der Waals surface area contributed by atoms with Gasteiger partial charge >= 0.3 is 5.97 Å². The smallest absolute Gasteiger partial charge is 0.338 e. The van der Waals surface area contributed by atoms with Crippen LogP contribution in [0.3, 0.4) is 0 Å². The van der Waals surface area contributed by atoms with Crippen LogP contribution < -0.4 is 24.4 Å². The van der Waals surface area contributed by atoms with Crippen molar-refractivity contribution < 1.29 is 19.0 Å². The minimum atomic E-state index is -0.772. The second-order valence-corrected chi connectivity index (χ2v) is 10.4. The summed E-state index contributed by atoms with van der Waals surface area (Å²) in [4.78, 5) is 32.0. The molecule has 0 fully saturated rings. The molecule has 7 nitrogen and oxygen atoms in total. The number of benzene rings is 2. The maximum Gasteiger partial charge on any atom is 0.338 e. The lowest BCUT2D eigenvalue weighted by atomic mass is 9.95. The van der Waals surface area contributed by atoms with E-state index in [9.17, 15) is 9.59 Å². The number of allylic oxidation sites excluding steroid dienone is 1. The van der Waals surface area contributed by atoms with Crippen molar-refractivity contribution in [2.75, 3.05) is 20.3 Å². The first kappa shape index (κ1) is 28.0. The molecule has 3 aromatic rings. The van der Waals surface area contributed by atoms with Gasteiger partial charge in [-0.15, -0.1) is 0 Å². The lowest BCUT2D eigenvalue weighted by Crippen LogP contribution is -2.40. The van der Waals surface area contributed by atoms with E-state index < -0.39 is 12.0 Å². The van der Waals surface area contributed by atoms with Gasteiger partial charge in [-0.3, -0.25) is 9.36 Å². The second-order valence-electron chi connectivity index (χ2n) is 8.58. The molecule has 0 saturated heterocycles. The minimum absolute atomic E-state index is 0.190. The highest BCUT2D eigenvalue weighted by Crippen LogP contribution is 2.36. The molecular weight excluding hydrogens is 547 g/mol. The number of hydrogen-bond donors (Lipinski definition) is 0. The Hall–Kier alpha value is -3.07. The summed E-state index contributed by atoms with van der Waals surface area (Å²) in [5.41, 5.74) is 1.78. The summed E-state index contributed by atoms with van der Waals surface area (Å²) in [7, 11) is 1.56. The zero-order valence-electron chi connectivity index (χ0n) is 21.5. The molecule has 0 radical (unpaired) electrons. The molecule has 4 rings (SSSR count). The van der Waals surface area contributed by atoms with E-state index in [0.29, 0.717) is 54.3 Å². The number of fused-ring (bicyclic) bond motifs is 1. The van der Waals surface area contributed by atoms with Crippen LogP contribution in [-0.4, -0.2) is 30.9 Å². The molecule has 10 heteroatoms. The average molecular weight is 576 g/mol. The molecule has 0 bridgehead atoms. The summed E-state index contributed by atoms with van der Waals surface area (Å²) in [5.74, 6) is 0.565. The molecule has 1 atom stereocenters. The Morgan fingerprint density at radius 1 is 1.16 bits per heavy atom. The van der Waals surface area contributed by atoms with Gasteiger partial charge in [0.25, 0.3) is 5.56 Å². The van der Waals surface area contributed by atoms with Crippen LogP contribution in [0.25, 0.3) is 6.08 Å². The second kappa shape index (κ2) is 12.2. The topological polar surface area (TPSA) is 79.1 Å². The third kappa shape index (κ3) is 5.67. The number of unbranched alkanes of at least 4 members (excludes halogenated alkanes) is 1. The van der Waals surface area contributed by atoms with Crippen molar-refractivity contribution in [3.63, 3.8) is 0 Å². The number of esters is 1. The molecule has 1 aliphatic heterocycles. The Balaban J connectivity index is 1.90. The SMILES string of the molecule is CCCCOc1ccc(C2C(C(=O)OCC)=C(C)N=c3sc(=Cc4ccc(Cl)cc4Cl)c(=O)n32)cc1OC. The lowest BCUT2D eigenvalue weighted by molar-refractivity contribution is -0.139. The van der Waals surface area contributed by atoms with Crippen LogP contribution in [0, 0.1) is 0 Å². The number of hydrogen-bond acceptors (Lipinski definition) is 7. The fourth-order valence-corrected chi connectivity index (χ4v) is 5.67. The van der Waals surface area contributed by atoms with Crippen molar-refractivity contribution in [2.45, 2.75) is 39.7 Å². The van der Waals surface area contributed by atoms with Gasteiger partial charge in [0, 0.05) is 10.0 Å². The van der Waals surface area contributed by atoms with Crippen LogP contribution in [-0.2, 0) is 9.53 Å². The molecule has 1 aliphatic rings. The Morgan fingerprint density at radius 3 is 2.63 bits per heavy atom. The summed E-state index contributed by atoms with van der Waals surface area (Å²) in [6.45, 7) is 6.31. The van der Waals surface area contributed by atoms with Crippen molar-refractivity contribution >= 4 is 46.6 Å². The monoisotopic (exact) mass is 574 g/mol. The molecule has 2 aromatic carbocycles. The molecule has 0 amide bonds. The van der Waals surface area contributed by atoms with Crippen LogP contribution in [0.15, 0.2) is 57.5 Å². The third-order valence-corrected chi connectivity index (χ3v) is 7.57. The van der Waals surface area contributed by atoms with Crippen LogP contribution in [0.1, 0.15) is 50.8 Å². The molecule has 38 heavy (non-hydrogen) atoms. The van der Waals surface area contributed by atoms with Gasteiger partial charge in [-0.1, -0.05) is 60.0 Å². The Labute approximate surface area is 234 Å². The van der Waals surface area contributed by atoms with E-state index in [-0.39, 0.29) is 17.7 Å². The summed E-state index contributed by atoms with van der Waals surface area (Å²) < 4.78 is 18.8. The minimum Gasteiger partial charge on any atom is -0.493 e. The standard InChI is InChI=1S/C28H28Cl2N2O5S/c1-5-7-12-37-21-11-9-18(13-22(21)35-4)25-24(27(34)36-6-2)16(3)31-28-32(25)26(33)23(38-28)14-17-8-10-19(29)15-20(17)30/h8-11,13-15,25H,5-7,12H2,1-4H3. The normalized spacial score (nSPS) is 15.2. The van der Waals surface area contributed by atoms with Gasteiger partial charge < -0.3 is 14.2 Å².